The molecule has 3 aliphatic heterocycles. The maximum atomic E-state index is 10.8. The zero-order valence-electron chi connectivity index (χ0n) is 14.8. The van der Waals surface area contributed by atoms with Gasteiger partial charge in [-0.15, -0.1) is 0 Å². The molecule has 3 heterocycles. The SMILES string of the molecule is O=C(O)COc1ccccc1CN1C[C@@H]2CC[C@H](C1)N(CC1CC1)C2. The second-order valence-electron chi connectivity index (χ2n) is 7.98. The number of hydrogen-bond acceptors (Lipinski definition) is 4. The van der Waals surface area contributed by atoms with Crippen molar-refractivity contribution in [2.75, 3.05) is 32.8 Å². The van der Waals surface area contributed by atoms with Crippen molar-refractivity contribution >= 4 is 5.97 Å². The minimum atomic E-state index is -0.932. The van der Waals surface area contributed by atoms with Crippen molar-refractivity contribution in [1.82, 2.24) is 9.80 Å². The highest BCUT2D eigenvalue weighted by atomic mass is 16.5. The summed E-state index contributed by atoms with van der Waals surface area (Å²) in [6.45, 7) is 5.39. The quantitative estimate of drug-likeness (QED) is 0.823. The summed E-state index contributed by atoms with van der Waals surface area (Å²) in [6.07, 6.45) is 5.52. The van der Waals surface area contributed by atoms with Crippen LogP contribution >= 0.6 is 0 Å². The molecule has 1 aliphatic carbocycles. The molecule has 4 fully saturated rings. The number of aliphatic carboxylic acids is 1. The van der Waals surface area contributed by atoms with Gasteiger partial charge < -0.3 is 9.84 Å². The van der Waals surface area contributed by atoms with Crippen molar-refractivity contribution in [2.24, 2.45) is 11.8 Å². The third-order valence-electron chi connectivity index (χ3n) is 5.81. The number of ether oxygens (including phenoxy) is 1. The van der Waals surface area contributed by atoms with E-state index in [0.717, 1.165) is 37.0 Å². The molecule has 0 amide bonds. The van der Waals surface area contributed by atoms with Crippen LogP contribution in [-0.4, -0.2) is 59.7 Å². The number of carboxylic acid groups (broad SMARTS) is 1. The Labute approximate surface area is 149 Å². The van der Waals surface area contributed by atoms with Gasteiger partial charge >= 0.3 is 5.97 Å². The molecular formula is C20H28N2O3. The number of hydrogen-bond donors (Lipinski definition) is 1. The van der Waals surface area contributed by atoms with Crippen LogP contribution in [0.4, 0.5) is 0 Å². The van der Waals surface area contributed by atoms with Gasteiger partial charge in [0.05, 0.1) is 0 Å². The molecule has 2 bridgehead atoms. The van der Waals surface area contributed by atoms with Crippen LogP contribution < -0.4 is 4.74 Å². The van der Waals surface area contributed by atoms with Crippen molar-refractivity contribution < 1.29 is 14.6 Å². The zero-order valence-corrected chi connectivity index (χ0v) is 14.8. The number of piperidine rings is 1. The second-order valence-corrected chi connectivity index (χ2v) is 7.98. The summed E-state index contributed by atoms with van der Waals surface area (Å²) in [5, 5.41) is 8.87. The average molecular weight is 344 g/mol. The number of rotatable bonds is 7. The van der Waals surface area contributed by atoms with E-state index >= 15 is 0 Å². The van der Waals surface area contributed by atoms with Crippen molar-refractivity contribution in [1.29, 1.82) is 0 Å². The van der Waals surface area contributed by atoms with Crippen LogP contribution in [0.25, 0.3) is 0 Å². The van der Waals surface area contributed by atoms with E-state index in [4.69, 9.17) is 9.84 Å². The Morgan fingerprint density at radius 2 is 1.96 bits per heavy atom. The largest absolute Gasteiger partial charge is 0.482 e. The van der Waals surface area contributed by atoms with Crippen LogP contribution in [0.2, 0.25) is 0 Å². The Bertz CT molecular complexity index is 617. The van der Waals surface area contributed by atoms with Gasteiger partial charge in [0.15, 0.2) is 6.61 Å². The first-order valence-corrected chi connectivity index (χ1v) is 9.56. The molecule has 5 nitrogen and oxygen atoms in total. The minimum absolute atomic E-state index is 0.280. The van der Waals surface area contributed by atoms with Gasteiger partial charge in [0.1, 0.15) is 5.75 Å². The molecular weight excluding hydrogens is 316 g/mol. The van der Waals surface area contributed by atoms with Crippen LogP contribution in [0, 0.1) is 11.8 Å². The maximum Gasteiger partial charge on any atom is 0.341 e. The number of carbonyl (C=O) groups is 1. The van der Waals surface area contributed by atoms with E-state index in [-0.39, 0.29) is 6.61 Å². The van der Waals surface area contributed by atoms with Crippen molar-refractivity contribution in [3.8, 4) is 5.75 Å². The summed E-state index contributed by atoms with van der Waals surface area (Å²) in [6, 6.07) is 8.54. The van der Waals surface area contributed by atoms with E-state index < -0.39 is 5.97 Å². The third-order valence-corrected chi connectivity index (χ3v) is 5.81. The first-order valence-electron chi connectivity index (χ1n) is 9.56. The van der Waals surface area contributed by atoms with Gasteiger partial charge in [-0.25, -0.2) is 4.79 Å². The minimum Gasteiger partial charge on any atom is -0.482 e. The summed E-state index contributed by atoms with van der Waals surface area (Å²) < 4.78 is 5.49. The molecule has 4 aliphatic rings. The second kappa shape index (κ2) is 7.34. The molecule has 0 spiro atoms. The number of fused-ring (bicyclic) bond motifs is 4. The predicted octanol–water partition coefficient (Wildman–Crippen LogP) is 2.46. The van der Waals surface area contributed by atoms with Gasteiger partial charge in [-0.2, -0.15) is 0 Å². The number of para-hydroxylation sites is 1. The molecule has 25 heavy (non-hydrogen) atoms. The molecule has 3 saturated heterocycles. The fraction of sp³-hybridized carbons (Fsp3) is 0.650. The lowest BCUT2D eigenvalue weighted by Gasteiger charge is -2.36. The lowest BCUT2D eigenvalue weighted by Crippen LogP contribution is -2.44. The summed E-state index contributed by atoms with van der Waals surface area (Å²) in [5.41, 5.74) is 1.10. The lowest BCUT2D eigenvalue weighted by molar-refractivity contribution is -0.139. The Kier molecular flexibility index (Phi) is 4.95. The molecule has 1 N–H and O–H groups in total. The molecule has 0 radical (unpaired) electrons. The molecule has 1 aromatic carbocycles. The smallest absolute Gasteiger partial charge is 0.341 e. The van der Waals surface area contributed by atoms with Crippen molar-refractivity contribution in [3.63, 3.8) is 0 Å². The Morgan fingerprint density at radius 1 is 1.12 bits per heavy atom. The van der Waals surface area contributed by atoms with Crippen LogP contribution in [0.15, 0.2) is 24.3 Å². The van der Waals surface area contributed by atoms with Gasteiger partial charge in [0.25, 0.3) is 0 Å². The molecule has 5 rings (SSSR count). The van der Waals surface area contributed by atoms with Crippen LogP contribution in [0.3, 0.4) is 0 Å². The van der Waals surface area contributed by atoms with Crippen molar-refractivity contribution in [2.45, 2.75) is 38.3 Å². The monoisotopic (exact) mass is 344 g/mol. The molecule has 5 heteroatoms. The molecule has 0 unspecified atom stereocenters. The molecule has 0 aromatic heterocycles. The fourth-order valence-electron chi connectivity index (χ4n) is 4.42. The molecule has 136 valence electrons. The fourth-order valence-corrected chi connectivity index (χ4v) is 4.42. The normalized spacial score (nSPS) is 27.2. The Morgan fingerprint density at radius 3 is 2.76 bits per heavy atom. The first kappa shape index (κ1) is 16.9. The van der Waals surface area contributed by atoms with Gasteiger partial charge in [-0.3, -0.25) is 9.80 Å². The first-order chi connectivity index (χ1) is 12.2. The molecule has 2 atom stereocenters. The number of nitrogens with zero attached hydrogens (tertiary/aromatic N) is 2. The van der Waals surface area contributed by atoms with Crippen LogP contribution in [0.1, 0.15) is 31.2 Å². The number of benzene rings is 1. The Balaban J connectivity index is 1.42. The highest BCUT2D eigenvalue weighted by Crippen LogP contribution is 2.35. The van der Waals surface area contributed by atoms with Gasteiger partial charge in [-0.05, 0) is 43.6 Å². The van der Waals surface area contributed by atoms with E-state index in [1.54, 1.807) is 0 Å². The van der Waals surface area contributed by atoms with Crippen LogP contribution in [0.5, 0.6) is 5.75 Å². The van der Waals surface area contributed by atoms with Gasteiger partial charge in [0.2, 0.25) is 0 Å². The van der Waals surface area contributed by atoms with E-state index in [2.05, 4.69) is 15.9 Å². The molecule has 1 saturated carbocycles. The summed E-state index contributed by atoms with van der Waals surface area (Å²) in [4.78, 5) is 16.1. The lowest BCUT2D eigenvalue weighted by atomic mass is 9.95. The highest BCUT2D eigenvalue weighted by Gasteiger charge is 2.37. The van der Waals surface area contributed by atoms with Gasteiger partial charge in [0, 0.05) is 44.3 Å². The Hall–Kier alpha value is -1.59. The highest BCUT2D eigenvalue weighted by molar-refractivity contribution is 5.68. The molecule has 1 aromatic rings. The predicted molar refractivity (Wildman–Crippen MR) is 95.7 cm³/mol. The van der Waals surface area contributed by atoms with E-state index in [9.17, 15) is 4.79 Å². The number of carboxylic acids is 1. The van der Waals surface area contributed by atoms with E-state index in [0.29, 0.717) is 11.8 Å². The van der Waals surface area contributed by atoms with Crippen LogP contribution in [-0.2, 0) is 11.3 Å². The maximum absolute atomic E-state index is 10.8. The average Bonchev–Trinajstić information content (AvgIpc) is 3.42. The van der Waals surface area contributed by atoms with Gasteiger partial charge in [-0.1, -0.05) is 18.2 Å². The van der Waals surface area contributed by atoms with E-state index in [1.165, 1.54) is 38.8 Å². The summed E-state index contributed by atoms with van der Waals surface area (Å²) in [7, 11) is 0. The summed E-state index contributed by atoms with van der Waals surface area (Å²) in [5.74, 6) is 1.50. The van der Waals surface area contributed by atoms with E-state index in [1.807, 2.05) is 18.2 Å². The third kappa shape index (κ3) is 4.33. The topological polar surface area (TPSA) is 53.0 Å². The van der Waals surface area contributed by atoms with Crippen molar-refractivity contribution in [3.05, 3.63) is 29.8 Å². The standard InChI is InChI=1S/C20H28N2O3/c23-20(24)14-25-19-4-2-1-3-17(19)12-21-9-16-7-8-18(13-21)22(11-16)10-15-5-6-15/h1-4,15-16,18H,5-14H2,(H,23,24)/t16-,18+/m0/s1. The zero-order chi connectivity index (χ0) is 17.2. The summed E-state index contributed by atoms with van der Waals surface area (Å²) >= 11 is 0.